The number of carbonyl (C=O) groups is 1. The number of benzene rings is 1. The third-order valence-electron chi connectivity index (χ3n) is 4.28. The normalized spacial score (nSPS) is 17.5. The fourth-order valence-electron chi connectivity index (χ4n) is 2.97. The van der Waals surface area contributed by atoms with Crippen LogP contribution < -0.4 is 4.72 Å². The van der Waals surface area contributed by atoms with Crippen LogP contribution in [0.25, 0.3) is 0 Å². The Balaban J connectivity index is 1.57. The van der Waals surface area contributed by atoms with Gasteiger partial charge in [-0.3, -0.25) is 4.79 Å². The highest BCUT2D eigenvalue weighted by Crippen LogP contribution is 2.32. The van der Waals surface area contributed by atoms with Gasteiger partial charge in [-0.2, -0.15) is 0 Å². The minimum absolute atomic E-state index is 0.0184. The number of hydrogen-bond donors (Lipinski definition) is 1. The minimum atomic E-state index is -3.56. The lowest BCUT2D eigenvalue weighted by Gasteiger charge is -2.33. The molecule has 0 fully saturated rings. The van der Waals surface area contributed by atoms with Crippen molar-refractivity contribution in [1.29, 1.82) is 0 Å². The molecule has 7 heteroatoms. The zero-order valence-electron chi connectivity index (χ0n) is 13.4. The Bertz CT molecular complexity index is 815. The lowest BCUT2D eigenvalue weighted by atomic mass is 10.0. The number of fused-ring (bicyclic) bond motifs is 1. The number of carbonyl (C=O) groups excluding carboxylic acids is 1. The number of sulfonamides is 1. The molecule has 0 spiro atoms. The van der Waals surface area contributed by atoms with Gasteiger partial charge in [-0.05, 0) is 42.5 Å². The van der Waals surface area contributed by atoms with Crippen LogP contribution in [0.2, 0.25) is 0 Å². The first kappa shape index (κ1) is 17.1. The molecule has 2 heterocycles. The Kier molecular flexibility index (Phi) is 5.03. The van der Waals surface area contributed by atoms with E-state index in [1.54, 1.807) is 29.5 Å². The maximum atomic E-state index is 12.5. The Morgan fingerprint density at radius 3 is 2.79 bits per heavy atom. The van der Waals surface area contributed by atoms with E-state index < -0.39 is 10.0 Å². The third kappa shape index (κ3) is 3.53. The molecule has 1 unspecified atom stereocenters. The average molecular weight is 364 g/mol. The maximum Gasteiger partial charge on any atom is 0.240 e. The predicted molar refractivity (Wildman–Crippen MR) is 94.4 cm³/mol. The van der Waals surface area contributed by atoms with Crippen molar-refractivity contribution in [3.63, 3.8) is 0 Å². The topological polar surface area (TPSA) is 66.5 Å². The van der Waals surface area contributed by atoms with Gasteiger partial charge in [0.05, 0.1) is 10.9 Å². The standard InChI is InChI=1S/C17H20N2O3S2/c1-13-15-9-12-23-16(15)8-11-19(13)17(20)7-10-18-24(21,22)14-5-3-2-4-6-14/h2-6,9,12-13,18H,7-8,10-11H2,1H3. The van der Waals surface area contributed by atoms with E-state index in [9.17, 15) is 13.2 Å². The SMILES string of the molecule is CC1c2ccsc2CCN1C(=O)CCNS(=O)(=O)c1ccccc1. The molecule has 1 amide bonds. The van der Waals surface area contributed by atoms with Crippen molar-refractivity contribution in [1.82, 2.24) is 9.62 Å². The first-order chi connectivity index (χ1) is 11.5. The molecule has 0 saturated carbocycles. The van der Waals surface area contributed by atoms with Gasteiger partial charge in [0.2, 0.25) is 15.9 Å². The second-order valence-corrected chi connectivity index (χ2v) is 8.54. The predicted octanol–water partition coefficient (Wildman–Crippen LogP) is 2.56. The summed E-state index contributed by atoms with van der Waals surface area (Å²) in [4.78, 5) is 15.9. The minimum Gasteiger partial charge on any atom is -0.335 e. The largest absolute Gasteiger partial charge is 0.335 e. The molecule has 1 aromatic carbocycles. The fraction of sp³-hybridized carbons (Fsp3) is 0.353. The van der Waals surface area contributed by atoms with Gasteiger partial charge >= 0.3 is 0 Å². The Morgan fingerprint density at radius 1 is 1.29 bits per heavy atom. The number of amides is 1. The highest BCUT2D eigenvalue weighted by atomic mass is 32.2. The molecule has 0 bridgehead atoms. The van der Waals surface area contributed by atoms with Gasteiger partial charge in [0.15, 0.2) is 0 Å². The van der Waals surface area contributed by atoms with Gasteiger partial charge in [0, 0.05) is 24.4 Å². The van der Waals surface area contributed by atoms with E-state index >= 15 is 0 Å². The van der Waals surface area contributed by atoms with E-state index in [0.29, 0.717) is 6.54 Å². The van der Waals surface area contributed by atoms with E-state index in [-0.39, 0.29) is 29.8 Å². The summed E-state index contributed by atoms with van der Waals surface area (Å²) in [6.07, 6.45) is 1.04. The summed E-state index contributed by atoms with van der Waals surface area (Å²) in [5.41, 5.74) is 1.21. The van der Waals surface area contributed by atoms with Crippen LogP contribution >= 0.6 is 11.3 Å². The molecule has 24 heavy (non-hydrogen) atoms. The Hall–Kier alpha value is -1.70. The number of rotatable bonds is 5. The van der Waals surface area contributed by atoms with Crippen molar-refractivity contribution >= 4 is 27.3 Å². The smallest absolute Gasteiger partial charge is 0.240 e. The van der Waals surface area contributed by atoms with Crippen LogP contribution in [-0.2, 0) is 21.2 Å². The molecular formula is C17H20N2O3S2. The molecule has 3 rings (SSSR count). The van der Waals surface area contributed by atoms with Crippen molar-refractivity contribution in [2.75, 3.05) is 13.1 Å². The number of nitrogens with one attached hydrogen (secondary N) is 1. The summed E-state index contributed by atoms with van der Waals surface area (Å²) >= 11 is 1.73. The van der Waals surface area contributed by atoms with E-state index in [4.69, 9.17) is 0 Å². The molecule has 2 aromatic rings. The van der Waals surface area contributed by atoms with Crippen LogP contribution in [-0.4, -0.2) is 32.3 Å². The highest BCUT2D eigenvalue weighted by molar-refractivity contribution is 7.89. The third-order valence-corrected chi connectivity index (χ3v) is 6.76. The summed E-state index contributed by atoms with van der Waals surface area (Å²) < 4.78 is 26.8. The van der Waals surface area contributed by atoms with Crippen molar-refractivity contribution in [2.24, 2.45) is 0 Å². The van der Waals surface area contributed by atoms with Crippen molar-refractivity contribution in [3.8, 4) is 0 Å². The molecule has 5 nitrogen and oxygen atoms in total. The first-order valence-electron chi connectivity index (χ1n) is 7.89. The van der Waals surface area contributed by atoms with Gasteiger partial charge in [-0.1, -0.05) is 18.2 Å². The van der Waals surface area contributed by atoms with Gasteiger partial charge < -0.3 is 4.90 Å². The van der Waals surface area contributed by atoms with Gasteiger partial charge in [-0.25, -0.2) is 13.1 Å². The average Bonchev–Trinajstić information content (AvgIpc) is 3.05. The summed E-state index contributed by atoms with van der Waals surface area (Å²) in [5, 5.41) is 2.06. The molecule has 0 saturated heterocycles. The second-order valence-electron chi connectivity index (χ2n) is 5.77. The Morgan fingerprint density at radius 2 is 2.04 bits per heavy atom. The van der Waals surface area contributed by atoms with E-state index in [0.717, 1.165) is 6.42 Å². The van der Waals surface area contributed by atoms with Gasteiger partial charge in [-0.15, -0.1) is 11.3 Å². The van der Waals surface area contributed by atoms with Crippen molar-refractivity contribution < 1.29 is 13.2 Å². The van der Waals surface area contributed by atoms with E-state index in [1.165, 1.54) is 22.6 Å². The summed E-state index contributed by atoms with van der Waals surface area (Å²) in [6.45, 7) is 2.82. The van der Waals surface area contributed by atoms with Gasteiger partial charge in [0.25, 0.3) is 0 Å². The van der Waals surface area contributed by atoms with Crippen LogP contribution in [0.4, 0.5) is 0 Å². The van der Waals surface area contributed by atoms with E-state index in [2.05, 4.69) is 16.2 Å². The lowest BCUT2D eigenvalue weighted by molar-refractivity contribution is -0.133. The van der Waals surface area contributed by atoms with Crippen molar-refractivity contribution in [3.05, 3.63) is 52.2 Å². The monoisotopic (exact) mass is 364 g/mol. The maximum absolute atomic E-state index is 12.5. The van der Waals surface area contributed by atoms with Crippen LogP contribution in [0.3, 0.4) is 0 Å². The summed E-state index contributed by atoms with van der Waals surface area (Å²) in [7, 11) is -3.56. The molecule has 128 valence electrons. The van der Waals surface area contributed by atoms with Crippen LogP contribution in [0.5, 0.6) is 0 Å². The summed E-state index contributed by atoms with van der Waals surface area (Å²) in [6, 6.07) is 10.3. The number of nitrogens with zero attached hydrogens (tertiary/aromatic N) is 1. The zero-order valence-corrected chi connectivity index (χ0v) is 15.1. The Labute approximate surface area is 146 Å². The molecule has 1 aliphatic rings. The van der Waals surface area contributed by atoms with Crippen LogP contribution in [0, 0.1) is 0 Å². The molecule has 0 aliphatic carbocycles. The van der Waals surface area contributed by atoms with Crippen molar-refractivity contribution in [2.45, 2.75) is 30.7 Å². The lowest BCUT2D eigenvalue weighted by Crippen LogP contribution is -2.39. The molecule has 1 atom stereocenters. The second kappa shape index (κ2) is 7.04. The quantitative estimate of drug-likeness (QED) is 0.887. The highest BCUT2D eigenvalue weighted by Gasteiger charge is 2.28. The molecule has 1 aromatic heterocycles. The van der Waals surface area contributed by atoms with Crippen LogP contribution in [0.1, 0.15) is 29.8 Å². The molecule has 1 aliphatic heterocycles. The zero-order chi connectivity index (χ0) is 17.2. The van der Waals surface area contributed by atoms with Crippen LogP contribution in [0.15, 0.2) is 46.7 Å². The molecular weight excluding hydrogens is 344 g/mol. The first-order valence-corrected chi connectivity index (χ1v) is 10.3. The van der Waals surface area contributed by atoms with Gasteiger partial charge in [0.1, 0.15) is 0 Å². The summed E-state index contributed by atoms with van der Waals surface area (Å²) in [5.74, 6) is -0.0184. The van der Waals surface area contributed by atoms with E-state index in [1.807, 2.05) is 11.8 Å². The molecule has 1 N–H and O–H groups in total. The number of thiophene rings is 1. The number of hydrogen-bond acceptors (Lipinski definition) is 4. The fourth-order valence-corrected chi connectivity index (χ4v) is 4.98. The molecule has 0 radical (unpaired) electrons.